The largest absolute Gasteiger partial charge is 0.465 e. The first-order chi connectivity index (χ1) is 10.5. The van der Waals surface area contributed by atoms with Crippen molar-refractivity contribution < 1.29 is 23.5 Å². The van der Waals surface area contributed by atoms with Crippen molar-refractivity contribution in [3.05, 3.63) is 71.0 Å². The third kappa shape index (κ3) is 5.01. The van der Waals surface area contributed by atoms with Gasteiger partial charge in [-0.25, -0.2) is 14.0 Å². The van der Waals surface area contributed by atoms with Crippen molar-refractivity contribution in [2.24, 2.45) is 0 Å². The molecule has 2 aromatic rings. The van der Waals surface area contributed by atoms with Crippen LogP contribution in [0.1, 0.15) is 26.3 Å². The van der Waals surface area contributed by atoms with Gasteiger partial charge in [0.25, 0.3) is 0 Å². The lowest BCUT2D eigenvalue weighted by Crippen LogP contribution is -2.03. The zero-order chi connectivity index (χ0) is 16.5. The van der Waals surface area contributed by atoms with Gasteiger partial charge in [-0.15, -0.1) is 0 Å². The van der Waals surface area contributed by atoms with E-state index in [-0.39, 0.29) is 11.8 Å². The molecule has 0 aliphatic carbocycles. The van der Waals surface area contributed by atoms with Crippen LogP contribution >= 0.6 is 0 Å². The summed E-state index contributed by atoms with van der Waals surface area (Å²) in [5, 5.41) is 0. The van der Waals surface area contributed by atoms with Crippen LogP contribution in [-0.4, -0.2) is 26.2 Å². The molecular weight excluding hydrogens is 287 g/mol. The Labute approximate surface area is 128 Å². The van der Waals surface area contributed by atoms with E-state index in [4.69, 9.17) is 0 Å². The van der Waals surface area contributed by atoms with Crippen LogP contribution in [0.5, 0.6) is 0 Å². The summed E-state index contributed by atoms with van der Waals surface area (Å²) in [6.45, 7) is 1.66. The number of hydrogen-bond acceptors (Lipinski definition) is 4. The fourth-order valence-corrected chi connectivity index (χ4v) is 1.66. The van der Waals surface area contributed by atoms with Crippen LogP contribution in [0.25, 0.3) is 0 Å². The van der Waals surface area contributed by atoms with Crippen molar-refractivity contribution in [3.63, 3.8) is 0 Å². The van der Waals surface area contributed by atoms with Crippen molar-refractivity contribution in [1.29, 1.82) is 0 Å². The molecule has 0 saturated heterocycles. The van der Waals surface area contributed by atoms with Crippen LogP contribution < -0.4 is 0 Å². The Morgan fingerprint density at radius 2 is 1.50 bits per heavy atom. The van der Waals surface area contributed by atoms with Crippen molar-refractivity contribution in [2.45, 2.75) is 6.92 Å². The zero-order valence-corrected chi connectivity index (χ0v) is 12.6. The second-order valence-corrected chi connectivity index (χ2v) is 4.31. The number of hydrogen-bond donors (Lipinski definition) is 0. The minimum atomic E-state index is -0.438. The number of benzene rings is 2. The molecule has 116 valence electrons. The number of methoxy groups -OCH3 is 2. The van der Waals surface area contributed by atoms with Gasteiger partial charge in [-0.2, -0.15) is 0 Å². The number of rotatable bonds is 2. The fourth-order valence-electron chi connectivity index (χ4n) is 1.66. The molecule has 0 fully saturated rings. The molecule has 0 unspecified atom stereocenters. The Balaban J connectivity index is 0.000000224. The maximum absolute atomic E-state index is 12.6. The standard InChI is InChI=1S/C9H9FO2.C8H8O2/c1-6-5-7(10)3-4-8(6)9(11)12-2;1-10-8(9)7-5-3-2-4-6-7/h3-5H,1-2H3;2-6H,1H3. The van der Waals surface area contributed by atoms with Crippen LogP contribution in [0.4, 0.5) is 4.39 Å². The lowest BCUT2D eigenvalue weighted by molar-refractivity contribution is 0.0591. The highest BCUT2D eigenvalue weighted by molar-refractivity contribution is 5.90. The van der Waals surface area contributed by atoms with Gasteiger partial charge < -0.3 is 9.47 Å². The summed E-state index contributed by atoms with van der Waals surface area (Å²) in [6.07, 6.45) is 0. The van der Waals surface area contributed by atoms with Gasteiger partial charge in [0.1, 0.15) is 5.82 Å². The molecule has 4 nitrogen and oxygen atoms in total. The molecule has 0 spiro atoms. The van der Waals surface area contributed by atoms with E-state index in [1.165, 1.54) is 32.4 Å². The highest BCUT2D eigenvalue weighted by Crippen LogP contribution is 2.10. The number of halogens is 1. The second-order valence-electron chi connectivity index (χ2n) is 4.31. The molecule has 0 heterocycles. The average Bonchev–Trinajstić information content (AvgIpc) is 2.55. The molecule has 0 aromatic heterocycles. The van der Waals surface area contributed by atoms with Crippen LogP contribution in [0.2, 0.25) is 0 Å². The predicted molar refractivity (Wildman–Crippen MR) is 80.3 cm³/mol. The Hall–Kier alpha value is -2.69. The second kappa shape index (κ2) is 8.56. The first kappa shape index (κ1) is 17.4. The maximum atomic E-state index is 12.6. The number of ether oxygens (including phenoxy) is 2. The number of esters is 2. The van der Waals surface area contributed by atoms with Crippen molar-refractivity contribution in [2.75, 3.05) is 14.2 Å². The van der Waals surface area contributed by atoms with Gasteiger partial charge in [-0.3, -0.25) is 0 Å². The molecule has 0 aliphatic heterocycles. The molecule has 0 aliphatic rings. The Kier molecular flexibility index (Phi) is 6.76. The zero-order valence-electron chi connectivity index (χ0n) is 12.6. The molecule has 5 heteroatoms. The fraction of sp³-hybridized carbons (Fsp3) is 0.176. The summed E-state index contributed by atoms with van der Waals surface area (Å²) in [4.78, 5) is 21.8. The van der Waals surface area contributed by atoms with Crippen LogP contribution in [0, 0.1) is 12.7 Å². The third-order valence-electron chi connectivity index (χ3n) is 2.79. The van der Waals surface area contributed by atoms with E-state index in [0.717, 1.165) is 0 Å². The normalized spacial score (nSPS) is 9.27. The van der Waals surface area contributed by atoms with Gasteiger partial charge in [0.15, 0.2) is 0 Å². The molecule has 2 aromatic carbocycles. The van der Waals surface area contributed by atoms with Gasteiger partial charge in [-0.05, 0) is 42.8 Å². The Morgan fingerprint density at radius 1 is 0.909 bits per heavy atom. The molecule has 0 saturated carbocycles. The van der Waals surface area contributed by atoms with E-state index in [1.807, 2.05) is 6.07 Å². The summed E-state index contributed by atoms with van der Waals surface area (Å²) in [5.74, 6) is -1.08. The van der Waals surface area contributed by atoms with E-state index in [2.05, 4.69) is 9.47 Å². The molecule has 22 heavy (non-hydrogen) atoms. The van der Waals surface area contributed by atoms with E-state index in [9.17, 15) is 14.0 Å². The molecule has 0 amide bonds. The summed E-state index contributed by atoms with van der Waals surface area (Å²) in [5.41, 5.74) is 1.57. The minimum absolute atomic E-state index is 0.291. The summed E-state index contributed by atoms with van der Waals surface area (Å²) in [6, 6.07) is 12.8. The molecule has 2 rings (SSSR count). The van der Waals surface area contributed by atoms with Crippen molar-refractivity contribution in [3.8, 4) is 0 Å². The van der Waals surface area contributed by atoms with E-state index < -0.39 is 5.97 Å². The number of carbonyl (C=O) groups is 2. The summed E-state index contributed by atoms with van der Waals surface area (Å²) in [7, 11) is 2.67. The molecule has 0 bridgehead atoms. The molecule has 0 N–H and O–H groups in total. The Bertz CT molecular complexity index is 638. The predicted octanol–water partition coefficient (Wildman–Crippen LogP) is 3.39. The molecule has 0 radical (unpaired) electrons. The van der Waals surface area contributed by atoms with Gasteiger partial charge in [0, 0.05) is 0 Å². The van der Waals surface area contributed by atoms with Crippen LogP contribution in [0.15, 0.2) is 48.5 Å². The quantitative estimate of drug-likeness (QED) is 0.798. The Morgan fingerprint density at radius 3 is 2.00 bits per heavy atom. The van der Waals surface area contributed by atoms with Gasteiger partial charge in [-0.1, -0.05) is 18.2 Å². The first-order valence-corrected chi connectivity index (χ1v) is 6.47. The van der Waals surface area contributed by atoms with Crippen molar-refractivity contribution in [1.82, 2.24) is 0 Å². The van der Waals surface area contributed by atoms with E-state index >= 15 is 0 Å². The van der Waals surface area contributed by atoms with Crippen molar-refractivity contribution >= 4 is 11.9 Å². The SMILES string of the molecule is COC(=O)c1ccc(F)cc1C.COC(=O)c1ccccc1. The van der Waals surface area contributed by atoms with Gasteiger partial charge in [0.2, 0.25) is 0 Å². The smallest absolute Gasteiger partial charge is 0.338 e. The summed E-state index contributed by atoms with van der Waals surface area (Å²) >= 11 is 0. The highest BCUT2D eigenvalue weighted by Gasteiger charge is 2.08. The van der Waals surface area contributed by atoms with Crippen LogP contribution in [0.3, 0.4) is 0 Å². The van der Waals surface area contributed by atoms with E-state index in [1.54, 1.807) is 31.2 Å². The average molecular weight is 304 g/mol. The van der Waals surface area contributed by atoms with E-state index in [0.29, 0.717) is 16.7 Å². The molecular formula is C17H17FO4. The topological polar surface area (TPSA) is 52.6 Å². The van der Waals surface area contributed by atoms with Gasteiger partial charge >= 0.3 is 11.9 Å². The number of carbonyl (C=O) groups excluding carboxylic acids is 2. The van der Waals surface area contributed by atoms with Crippen LogP contribution in [-0.2, 0) is 9.47 Å². The monoisotopic (exact) mass is 304 g/mol. The minimum Gasteiger partial charge on any atom is -0.465 e. The lowest BCUT2D eigenvalue weighted by Gasteiger charge is -2.02. The number of aryl methyl sites for hydroxylation is 1. The summed E-state index contributed by atoms with van der Waals surface area (Å²) < 4.78 is 21.6. The van der Waals surface area contributed by atoms with Gasteiger partial charge in [0.05, 0.1) is 25.3 Å². The lowest BCUT2D eigenvalue weighted by atomic mass is 10.1. The highest BCUT2D eigenvalue weighted by atomic mass is 19.1. The molecule has 0 atom stereocenters. The first-order valence-electron chi connectivity index (χ1n) is 6.47. The maximum Gasteiger partial charge on any atom is 0.338 e. The third-order valence-corrected chi connectivity index (χ3v) is 2.79.